The Labute approximate surface area is 88.8 Å². The van der Waals surface area contributed by atoms with Crippen molar-refractivity contribution >= 4 is 18.5 Å². The zero-order valence-corrected chi connectivity index (χ0v) is 11.0. The molecule has 2 heteroatoms. The minimum atomic E-state index is -1.44. The summed E-state index contributed by atoms with van der Waals surface area (Å²) in [4.78, 5) is 0. The van der Waals surface area contributed by atoms with Crippen LogP contribution in [0.2, 0.25) is 18.6 Å². The fourth-order valence-corrected chi connectivity index (χ4v) is 5.77. The summed E-state index contributed by atoms with van der Waals surface area (Å²) in [6.45, 7) is 6.89. The second-order valence-electron chi connectivity index (χ2n) is 4.74. The van der Waals surface area contributed by atoms with E-state index in [-0.39, 0.29) is 0 Å². The van der Waals surface area contributed by atoms with Crippen LogP contribution in [0.15, 0.2) is 0 Å². The second kappa shape index (κ2) is 4.84. The molecule has 13 heavy (non-hydrogen) atoms. The molecule has 77 valence electrons. The maximum Gasteiger partial charge on any atom is 0.154 e. The van der Waals surface area contributed by atoms with Crippen LogP contribution in [0.4, 0.5) is 0 Å². The SMILES string of the molecule is CCC([C]1CCCCC1)[Si](C)(C)Cl. The standard InChI is InChI=1S/C11H22ClSi/c1-4-11(13(2,3)12)10-8-6-5-7-9-10/h11H,4-9H2,1-3H3. The van der Waals surface area contributed by atoms with E-state index >= 15 is 0 Å². The lowest BCUT2D eigenvalue weighted by molar-refractivity contribution is 0.498. The molecule has 0 spiro atoms. The van der Waals surface area contributed by atoms with E-state index in [1.54, 1.807) is 5.92 Å². The molecule has 0 aromatic heterocycles. The van der Waals surface area contributed by atoms with Gasteiger partial charge in [0.05, 0.1) is 0 Å². The van der Waals surface area contributed by atoms with Gasteiger partial charge in [-0.3, -0.25) is 0 Å². The molecule has 0 aromatic rings. The van der Waals surface area contributed by atoms with Crippen molar-refractivity contribution in [2.24, 2.45) is 0 Å². The summed E-state index contributed by atoms with van der Waals surface area (Å²) in [5.74, 6) is 1.79. The van der Waals surface area contributed by atoms with E-state index in [0.29, 0.717) is 0 Å². The summed E-state index contributed by atoms with van der Waals surface area (Å²) >= 11 is 6.55. The predicted molar refractivity (Wildman–Crippen MR) is 63.7 cm³/mol. The first kappa shape index (κ1) is 11.6. The van der Waals surface area contributed by atoms with Gasteiger partial charge in [0.15, 0.2) is 7.38 Å². The van der Waals surface area contributed by atoms with Crippen molar-refractivity contribution in [3.63, 3.8) is 0 Å². The van der Waals surface area contributed by atoms with Crippen LogP contribution in [0.1, 0.15) is 45.4 Å². The molecular formula is C11H22ClSi. The summed E-state index contributed by atoms with van der Waals surface area (Å²) in [6, 6.07) is 0. The van der Waals surface area contributed by atoms with E-state index in [1.165, 1.54) is 38.5 Å². The van der Waals surface area contributed by atoms with E-state index in [2.05, 4.69) is 20.0 Å². The van der Waals surface area contributed by atoms with Crippen LogP contribution in [0.5, 0.6) is 0 Å². The zero-order valence-electron chi connectivity index (χ0n) is 9.20. The van der Waals surface area contributed by atoms with E-state index in [0.717, 1.165) is 5.54 Å². The van der Waals surface area contributed by atoms with Crippen LogP contribution in [0.3, 0.4) is 0 Å². The van der Waals surface area contributed by atoms with E-state index in [4.69, 9.17) is 11.1 Å². The number of hydrogen-bond acceptors (Lipinski definition) is 0. The van der Waals surface area contributed by atoms with Crippen molar-refractivity contribution in [2.45, 2.75) is 64.1 Å². The van der Waals surface area contributed by atoms with Crippen LogP contribution < -0.4 is 0 Å². The van der Waals surface area contributed by atoms with Gasteiger partial charge in [-0.05, 0) is 24.3 Å². The molecule has 1 aliphatic carbocycles. The van der Waals surface area contributed by atoms with Crippen molar-refractivity contribution < 1.29 is 0 Å². The minimum Gasteiger partial charge on any atom is -0.167 e. The zero-order chi connectivity index (χ0) is 9.90. The van der Waals surface area contributed by atoms with Gasteiger partial charge in [-0.15, -0.1) is 0 Å². The topological polar surface area (TPSA) is 0 Å². The van der Waals surface area contributed by atoms with Crippen LogP contribution in [0, 0.1) is 5.92 Å². The third-order valence-electron chi connectivity index (χ3n) is 3.23. The molecule has 1 rings (SSSR count). The quantitative estimate of drug-likeness (QED) is 0.473. The summed E-state index contributed by atoms with van der Waals surface area (Å²) in [6.07, 6.45) is 8.24. The fourth-order valence-electron chi connectivity index (χ4n) is 2.61. The summed E-state index contributed by atoms with van der Waals surface area (Å²) in [7, 11) is -1.44. The molecule has 0 saturated heterocycles. The molecule has 0 aliphatic heterocycles. The van der Waals surface area contributed by atoms with Gasteiger partial charge in [-0.25, -0.2) is 0 Å². The number of halogens is 1. The second-order valence-corrected chi connectivity index (χ2v) is 11.5. The Bertz CT molecular complexity index is 145. The highest BCUT2D eigenvalue weighted by Crippen LogP contribution is 2.44. The molecule has 0 N–H and O–H groups in total. The molecule has 1 radical (unpaired) electrons. The molecule has 0 nitrogen and oxygen atoms in total. The Hall–Kier alpha value is 0.507. The highest BCUT2D eigenvalue weighted by Gasteiger charge is 2.35. The molecule has 0 amide bonds. The smallest absolute Gasteiger partial charge is 0.154 e. The molecule has 1 atom stereocenters. The summed E-state index contributed by atoms with van der Waals surface area (Å²) in [5, 5.41) is 0. The molecule has 1 aliphatic rings. The fraction of sp³-hybridized carbons (Fsp3) is 0.909. The largest absolute Gasteiger partial charge is 0.167 e. The van der Waals surface area contributed by atoms with Gasteiger partial charge < -0.3 is 0 Å². The highest BCUT2D eigenvalue weighted by molar-refractivity contribution is 7.20. The normalized spacial score (nSPS) is 23.1. The Morgan fingerprint density at radius 2 is 1.77 bits per heavy atom. The predicted octanol–water partition coefficient (Wildman–Crippen LogP) is 4.75. The first-order valence-corrected chi connectivity index (χ1v) is 9.68. The molecule has 1 fully saturated rings. The van der Waals surface area contributed by atoms with Gasteiger partial charge in [-0.2, -0.15) is 11.1 Å². The lowest BCUT2D eigenvalue weighted by Gasteiger charge is -2.35. The van der Waals surface area contributed by atoms with Crippen molar-refractivity contribution in [1.82, 2.24) is 0 Å². The van der Waals surface area contributed by atoms with Gasteiger partial charge in [-0.1, -0.05) is 45.7 Å². The first-order chi connectivity index (χ1) is 6.05. The molecule has 0 aromatic carbocycles. The Balaban J connectivity index is 2.54. The maximum atomic E-state index is 6.55. The summed E-state index contributed by atoms with van der Waals surface area (Å²) < 4.78 is 0. The average Bonchev–Trinajstić information content (AvgIpc) is 2.05. The molecule has 0 heterocycles. The third kappa shape index (κ3) is 3.28. The number of hydrogen-bond donors (Lipinski definition) is 0. The maximum absolute atomic E-state index is 6.55. The van der Waals surface area contributed by atoms with Gasteiger partial charge in [0.2, 0.25) is 0 Å². The van der Waals surface area contributed by atoms with Crippen molar-refractivity contribution in [1.29, 1.82) is 0 Å². The molecular weight excluding hydrogens is 196 g/mol. The van der Waals surface area contributed by atoms with Crippen molar-refractivity contribution in [2.75, 3.05) is 0 Å². The van der Waals surface area contributed by atoms with Gasteiger partial charge >= 0.3 is 0 Å². The van der Waals surface area contributed by atoms with Crippen molar-refractivity contribution in [3.8, 4) is 0 Å². The van der Waals surface area contributed by atoms with Crippen LogP contribution >= 0.6 is 11.1 Å². The lowest BCUT2D eigenvalue weighted by Crippen LogP contribution is -2.30. The Morgan fingerprint density at radius 1 is 1.23 bits per heavy atom. The van der Waals surface area contributed by atoms with Crippen LogP contribution in [-0.2, 0) is 0 Å². The van der Waals surface area contributed by atoms with Crippen LogP contribution in [0.25, 0.3) is 0 Å². The van der Waals surface area contributed by atoms with E-state index in [9.17, 15) is 0 Å². The van der Waals surface area contributed by atoms with Gasteiger partial charge in [0.1, 0.15) is 0 Å². The Kier molecular flexibility index (Phi) is 4.31. The van der Waals surface area contributed by atoms with Gasteiger partial charge in [0.25, 0.3) is 0 Å². The van der Waals surface area contributed by atoms with Gasteiger partial charge in [0, 0.05) is 0 Å². The lowest BCUT2D eigenvalue weighted by atomic mass is 9.86. The van der Waals surface area contributed by atoms with E-state index < -0.39 is 7.38 Å². The molecule has 1 saturated carbocycles. The third-order valence-corrected chi connectivity index (χ3v) is 6.49. The average molecular weight is 218 g/mol. The highest BCUT2D eigenvalue weighted by atomic mass is 35.6. The van der Waals surface area contributed by atoms with Crippen molar-refractivity contribution in [3.05, 3.63) is 5.92 Å². The monoisotopic (exact) mass is 217 g/mol. The number of rotatable bonds is 3. The Morgan fingerprint density at radius 3 is 2.15 bits per heavy atom. The summed E-state index contributed by atoms with van der Waals surface area (Å²) in [5.41, 5.74) is 0.773. The van der Waals surface area contributed by atoms with Crippen LogP contribution in [-0.4, -0.2) is 7.38 Å². The first-order valence-electron chi connectivity index (χ1n) is 5.59. The van der Waals surface area contributed by atoms with E-state index in [1.807, 2.05) is 0 Å². The minimum absolute atomic E-state index is 0.773. The molecule has 0 bridgehead atoms. The molecule has 1 unspecified atom stereocenters.